The Morgan fingerprint density at radius 3 is 2.42 bits per heavy atom. The first kappa shape index (κ1) is 16.0. The predicted molar refractivity (Wildman–Crippen MR) is 99.9 cm³/mol. The molecule has 4 nitrogen and oxygen atoms in total. The van der Waals surface area contributed by atoms with Gasteiger partial charge in [-0.15, -0.1) is 0 Å². The van der Waals surface area contributed by atoms with E-state index in [0.717, 1.165) is 12.1 Å². The molecule has 0 aliphatic heterocycles. The summed E-state index contributed by atoms with van der Waals surface area (Å²) in [7, 11) is 0. The fraction of sp³-hybridized carbons (Fsp3) is 0.0526. The monoisotopic (exact) mass is 336 g/mol. The molecule has 3 aromatic rings. The number of halogens is 1. The van der Waals surface area contributed by atoms with Crippen LogP contribution in [0.1, 0.15) is 11.3 Å². The number of anilines is 2. The van der Waals surface area contributed by atoms with E-state index in [0.29, 0.717) is 16.5 Å². The summed E-state index contributed by atoms with van der Waals surface area (Å²) in [6.07, 6.45) is 0.752. The van der Waals surface area contributed by atoms with E-state index in [1.807, 2.05) is 54.6 Å². The molecule has 0 saturated carbocycles. The quantitative estimate of drug-likeness (QED) is 0.474. The van der Waals surface area contributed by atoms with Crippen LogP contribution in [0.5, 0.6) is 0 Å². The van der Waals surface area contributed by atoms with Crippen LogP contribution in [-0.4, -0.2) is 10.9 Å². The molecule has 5 heteroatoms. The van der Waals surface area contributed by atoms with Gasteiger partial charge in [-0.3, -0.25) is 5.41 Å². The van der Waals surface area contributed by atoms with Crippen molar-refractivity contribution in [3.8, 4) is 0 Å². The molecule has 1 heterocycles. The molecule has 24 heavy (non-hydrogen) atoms. The fourth-order valence-electron chi connectivity index (χ4n) is 2.31. The minimum Gasteiger partial charge on any atom is -0.325 e. The van der Waals surface area contributed by atoms with Crippen molar-refractivity contribution in [3.63, 3.8) is 0 Å². The molecule has 120 valence electrons. The summed E-state index contributed by atoms with van der Waals surface area (Å²) in [6, 6.07) is 23.2. The third-order valence-corrected chi connectivity index (χ3v) is 3.75. The second kappa shape index (κ2) is 7.62. The van der Waals surface area contributed by atoms with Gasteiger partial charge in [0.2, 0.25) is 0 Å². The summed E-state index contributed by atoms with van der Waals surface area (Å²) in [5, 5.41) is 14.5. The minimum absolute atomic E-state index is 0.118. The van der Waals surface area contributed by atoms with E-state index in [2.05, 4.69) is 27.8 Å². The van der Waals surface area contributed by atoms with Crippen LogP contribution in [0.25, 0.3) is 0 Å². The molecular formula is C19H17ClN4. The van der Waals surface area contributed by atoms with Crippen LogP contribution >= 0.6 is 11.6 Å². The number of nitrogens with zero attached hydrogens (tertiary/aromatic N) is 1. The van der Waals surface area contributed by atoms with Crippen LogP contribution in [0.15, 0.2) is 72.8 Å². The lowest BCUT2D eigenvalue weighted by molar-refractivity contribution is 1.08. The average Bonchev–Trinajstić information content (AvgIpc) is 2.58. The Kier molecular flexibility index (Phi) is 5.08. The van der Waals surface area contributed by atoms with E-state index in [-0.39, 0.29) is 5.96 Å². The topological polar surface area (TPSA) is 60.8 Å². The molecule has 0 atom stereocenters. The van der Waals surface area contributed by atoms with Gasteiger partial charge in [0.25, 0.3) is 0 Å². The van der Waals surface area contributed by atoms with Crippen LogP contribution < -0.4 is 10.6 Å². The molecular weight excluding hydrogens is 320 g/mol. The first-order valence-corrected chi connectivity index (χ1v) is 7.95. The number of guanidine groups is 1. The lowest BCUT2D eigenvalue weighted by Crippen LogP contribution is -2.21. The second-order valence-corrected chi connectivity index (χ2v) is 5.69. The van der Waals surface area contributed by atoms with E-state index >= 15 is 0 Å². The Morgan fingerprint density at radius 2 is 1.62 bits per heavy atom. The van der Waals surface area contributed by atoms with Gasteiger partial charge in [-0.1, -0.05) is 60.1 Å². The first-order chi connectivity index (χ1) is 11.7. The van der Waals surface area contributed by atoms with Crippen LogP contribution in [0.3, 0.4) is 0 Å². The maximum atomic E-state index is 8.03. The van der Waals surface area contributed by atoms with Crippen molar-refractivity contribution in [1.82, 2.24) is 4.98 Å². The number of rotatable bonds is 4. The summed E-state index contributed by atoms with van der Waals surface area (Å²) < 4.78 is 0. The van der Waals surface area contributed by atoms with Gasteiger partial charge in [-0.05, 0) is 29.8 Å². The van der Waals surface area contributed by atoms with Crippen molar-refractivity contribution < 1.29 is 0 Å². The first-order valence-electron chi connectivity index (χ1n) is 7.58. The van der Waals surface area contributed by atoms with Gasteiger partial charge in [-0.2, -0.15) is 0 Å². The van der Waals surface area contributed by atoms with Crippen LogP contribution in [0, 0.1) is 5.41 Å². The number of hydrogen-bond donors (Lipinski definition) is 3. The van der Waals surface area contributed by atoms with Crippen molar-refractivity contribution in [2.45, 2.75) is 6.42 Å². The molecule has 0 unspecified atom stereocenters. The number of aromatic nitrogens is 1. The van der Waals surface area contributed by atoms with E-state index in [4.69, 9.17) is 17.0 Å². The summed E-state index contributed by atoms with van der Waals surface area (Å²) in [5.74, 6) is 0.737. The summed E-state index contributed by atoms with van der Waals surface area (Å²) in [4.78, 5) is 4.55. The van der Waals surface area contributed by atoms with E-state index < -0.39 is 0 Å². The largest absolute Gasteiger partial charge is 0.325 e. The Bertz CT molecular complexity index is 834. The van der Waals surface area contributed by atoms with Crippen molar-refractivity contribution in [3.05, 3.63) is 89.1 Å². The lowest BCUT2D eigenvalue weighted by atomic mass is 10.1. The molecule has 0 aliphatic carbocycles. The Balaban J connectivity index is 1.66. The average molecular weight is 337 g/mol. The minimum atomic E-state index is 0.118. The van der Waals surface area contributed by atoms with E-state index in [1.54, 1.807) is 6.07 Å². The normalized spacial score (nSPS) is 10.2. The van der Waals surface area contributed by atoms with Gasteiger partial charge in [0.1, 0.15) is 5.82 Å². The summed E-state index contributed by atoms with van der Waals surface area (Å²) in [6.45, 7) is 0. The third kappa shape index (κ3) is 4.33. The molecule has 0 amide bonds. The van der Waals surface area contributed by atoms with Crippen molar-refractivity contribution >= 4 is 29.1 Å². The van der Waals surface area contributed by atoms with E-state index in [1.165, 1.54) is 5.56 Å². The Morgan fingerprint density at radius 1 is 0.875 bits per heavy atom. The molecule has 0 aliphatic rings. The highest BCUT2D eigenvalue weighted by molar-refractivity contribution is 6.33. The Labute approximate surface area is 146 Å². The maximum absolute atomic E-state index is 8.03. The van der Waals surface area contributed by atoms with Crippen LogP contribution in [0.2, 0.25) is 5.02 Å². The zero-order valence-electron chi connectivity index (χ0n) is 13.0. The number of para-hydroxylation sites is 1. The fourth-order valence-corrected chi connectivity index (χ4v) is 2.49. The van der Waals surface area contributed by atoms with Crippen molar-refractivity contribution in [2.75, 3.05) is 10.6 Å². The van der Waals surface area contributed by atoms with Crippen LogP contribution in [0.4, 0.5) is 11.5 Å². The van der Waals surface area contributed by atoms with Gasteiger partial charge in [-0.25, -0.2) is 4.98 Å². The number of nitrogens with one attached hydrogen (secondary N) is 3. The van der Waals surface area contributed by atoms with Gasteiger partial charge in [0.05, 0.1) is 10.7 Å². The van der Waals surface area contributed by atoms with Gasteiger partial charge in [0.15, 0.2) is 5.96 Å². The zero-order valence-corrected chi connectivity index (χ0v) is 13.7. The number of pyridine rings is 1. The number of benzene rings is 2. The SMILES string of the molecule is N=C(Nc1cccc(Cc2ccccc2)n1)Nc1ccccc1Cl. The summed E-state index contributed by atoms with van der Waals surface area (Å²) >= 11 is 6.08. The lowest BCUT2D eigenvalue weighted by Gasteiger charge is -2.11. The molecule has 3 N–H and O–H groups in total. The maximum Gasteiger partial charge on any atom is 0.198 e. The highest BCUT2D eigenvalue weighted by Gasteiger charge is 2.04. The standard InChI is InChI=1S/C19H17ClN4/c20-16-10-4-5-11-17(16)23-19(21)24-18-12-6-9-15(22-18)13-14-7-2-1-3-8-14/h1-12H,13H2,(H3,21,22,23,24). The van der Waals surface area contributed by atoms with Gasteiger partial charge < -0.3 is 10.6 Å². The van der Waals surface area contributed by atoms with Gasteiger partial charge >= 0.3 is 0 Å². The second-order valence-electron chi connectivity index (χ2n) is 5.28. The van der Waals surface area contributed by atoms with Crippen LogP contribution in [-0.2, 0) is 6.42 Å². The molecule has 2 aromatic carbocycles. The highest BCUT2D eigenvalue weighted by atomic mass is 35.5. The molecule has 3 rings (SSSR count). The molecule has 0 saturated heterocycles. The molecule has 0 spiro atoms. The number of hydrogen-bond acceptors (Lipinski definition) is 2. The smallest absolute Gasteiger partial charge is 0.198 e. The zero-order chi connectivity index (χ0) is 16.8. The van der Waals surface area contributed by atoms with Gasteiger partial charge in [0, 0.05) is 12.1 Å². The highest BCUT2D eigenvalue weighted by Crippen LogP contribution is 2.20. The molecule has 0 bridgehead atoms. The predicted octanol–water partition coefficient (Wildman–Crippen LogP) is 4.78. The van der Waals surface area contributed by atoms with Crippen molar-refractivity contribution in [2.24, 2.45) is 0 Å². The molecule has 0 radical (unpaired) electrons. The summed E-state index contributed by atoms with van der Waals surface area (Å²) in [5.41, 5.74) is 2.82. The Hall–Kier alpha value is -2.85. The van der Waals surface area contributed by atoms with Crippen molar-refractivity contribution in [1.29, 1.82) is 5.41 Å². The third-order valence-electron chi connectivity index (χ3n) is 3.42. The molecule has 0 fully saturated rings. The molecule has 1 aromatic heterocycles. The van der Waals surface area contributed by atoms with E-state index in [9.17, 15) is 0 Å².